The molecule has 0 heterocycles. The van der Waals surface area contributed by atoms with E-state index in [1.807, 2.05) is 11.4 Å². The fraction of sp³-hybridized carbons (Fsp3) is 0.571. The first-order valence-corrected chi connectivity index (χ1v) is 3.63. The minimum absolute atomic E-state index is 0.241. The average molecular weight is 169 g/mol. The van der Waals surface area contributed by atoms with Crippen LogP contribution in [-0.2, 0) is 4.79 Å². The van der Waals surface area contributed by atoms with E-state index in [0.717, 1.165) is 0 Å². The molecular weight excluding hydrogens is 158 g/mol. The number of imide groups is 1. The van der Waals surface area contributed by atoms with Crippen LogP contribution in [0.2, 0.25) is 0 Å². The second-order valence-electron chi connectivity index (χ2n) is 2.28. The zero-order valence-corrected chi connectivity index (χ0v) is 6.67. The van der Waals surface area contributed by atoms with Crippen molar-refractivity contribution in [1.29, 1.82) is 5.26 Å². The Kier molecular flexibility index (Phi) is 5.35. The Morgan fingerprint density at radius 3 is 2.58 bits per heavy atom. The van der Waals surface area contributed by atoms with Crippen molar-refractivity contribution in [1.82, 2.24) is 5.32 Å². The van der Waals surface area contributed by atoms with E-state index >= 15 is 0 Å². The number of rotatable bonds is 4. The third-order valence-corrected chi connectivity index (χ3v) is 1.21. The van der Waals surface area contributed by atoms with Crippen LogP contribution in [0.25, 0.3) is 0 Å². The van der Waals surface area contributed by atoms with Crippen molar-refractivity contribution in [3.63, 3.8) is 0 Å². The van der Waals surface area contributed by atoms with E-state index in [0.29, 0.717) is 19.3 Å². The summed E-state index contributed by atoms with van der Waals surface area (Å²) in [6.45, 7) is 0. The van der Waals surface area contributed by atoms with Gasteiger partial charge in [0.2, 0.25) is 5.91 Å². The van der Waals surface area contributed by atoms with Gasteiger partial charge in [-0.3, -0.25) is 10.1 Å². The summed E-state index contributed by atoms with van der Waals surface area (Å²) in [6.07, 6.45) is 1.95. The third-order valence-electron chi connectivity index (χ3n) is 1.21. The fourth-order valence-corrected chi connectivity index (χ4v) is 0.690. The van der Waals surface area contributed by atoms with Crippen LogP contribution in [0.15, 0.2) is 0 Å². The molecule has 12 heavy (non-hydrogen) atoms. The smallest absolute Gasteiger partial charge is 0.318 e. The van der Waals surface area contributed by atoms with E-state index in [1.54, 1.807) is 0 Å². The number of nitrogens with zero attached hydrogens (tertiary/aromatic N) is 1. The van der Waals surface area contributed by atoms with Gasteiger partial charge < -0.3 is 5.73 Å². The standard InChI is InChI=1S/C7H11N3O2/c8-5-3-1-2-4-6(11)10-7(9)12/h1-4H2,(H3,9,10,11,12). The summed E-state index contributed by atoms with van der Waals surface area (Å²) in [4.78, 5) is 20.9. The van der Waals surface area contributed by atoms with Gasteiger partial charge in [-0.15, -0.1) is 0 Å². The van der Waals surface area contributed by atoms with Gasteiger partial charge >= 0.3 is 6.03 Å². The number of carbonyl (C=O) groups is 2. The second-order valence-corrected chi connectivity index (χ2v) is 2.28. The predicted octanol–water partition coefficient (Wildman–Crippen LogP) is 0.265. The number of nitrogens with one attached hydrogen (secondary N) is 1. The molecule has 5 heteroatoms. The second kappa shape index (κ2) is 6.16. The van der Waals surface area contributed by atoms with Crippen LogP contribution in [0.5, 0.6) is 0 Å². The first-order chi connectivity index (χ1) is 5.66. The average Bonchev–Trinajstić information content (AvgIpc) is 1.97. The van der Waals surface area contributed by atoms with Gasteiger partial charge in [-0.05, 0) is 12.8 Å². The van der Waals surface area contributed by atoms with E-state index in [1.165, 1.54) is 0 Å². The number of urea groups is 1. The van der Waals surface area contributed by atoms with Gasteiger partial charge in [0.25, 0.3) is 0 Å². The molecule has 0 aromatic rings. The lowest BCUT2D eigenvalue weighted by Crippen LogP contribution is -2.34. The molecule has 3 amide bonds. The molecule has 0 aliphatic heterocycles. The van der Waals surface area contributed by atoms with Crippen LogP contribution in [0.4, 0.5) is 4.79 Å². The van der Waals surface area contributed by atoms with Gasteiger partial charge in [0, 0.05) is 12.8 Å². The molecule has 0 saturated carbocycles. The van der Waals surface area contributed by atoms with Crippen molar-refractivity contribution in [2.24, 2.45) is 5.73 Å². The molecule has 0 aliphatic carbocycles. The van der Waals surface area contributed by atoms with Gasteiger partial charge in [-0.2, -0.15) is 5.26 Å². The normalized spacial score (nSPS) is 8.58. The first kappa shape index (κ1) is 10.4. The summed E-state index contributed by atoms with van der Waals surface area (Å²) in [5.74, 6) is -0.388. The molecule has 0 saturated heterocycles. The van der Waals surface area contributed by atoms with Crippen molar-refractivity contribution in [3.8, 4) is 6.07 Å². The summed E-state index contributed by atoms with van der Waals surface area (Å²) in [6, 6.07) is 1.13. The number of nitrogens with two attached hydrogens (primary N) is 1. The van der Waals surface area contributed by atoms with Crippen molar-refractivity contribution >= 4 is 11.9 Å². The van der Waals surface area contributed by atoms with Gasteiger partial charge in [-0.1, -0.05) is 0 Å². The highest BCUT2D eigenvalue weighted by atomic mass is 16.2. The Balaban J connectivity index is 3.33. The molecule has 5 nitrogen and oxygen atoms in total. The summed E-state index contributed by atoms with van der Waals surface area (Å²) < 4.78 is 0. The molecular formula is C7H11N3O2. The quantitative estimate of drug-likeness (QED) is 0.591. The number of amides is 3. The Morgan fingerprint density at radius 1 is 1.42 bits per heavy atom. The Labute approximate surface area is 70.5 Å². The molecule has 0 rings (SSSR count). The lowest BCUT2D eigenvalue weighted by molar-refractivity contribution is -0.120. The summed E-state index contributed by atoms with van der Waals surface area (Å²) in [7, 11) is 0. The monoisotopic (exact) mass is 169 g/mol. The molecule has 0 aliphatic rings. The van der Waals surface area contributed by atoms with Gasteiger partial charge in [0.15, 0.2) is 0 Å². The number of primary amides is 1. The molecule has 0 bridgehead atoms. The number of hydrogen-bond acceptors (Lipinski definition) is 3. The number of nitriles is 1. The maximum absolute atomic E-state index is 10.7. The topological polar surface area (TPSA) is 96.0 Å². The van der Waals surface area contributed by atoms with Crippen LogP contribution >= 0.6 is 0 Å². The van der Waals surface area contributed by atoms with E-state index in [-0.39, 0.29) is 12.3 Å². The van der Waals surface area contributed by atoms with Crippen molar-refractivity contribution in [2.75, 3.05) is 0 Å². The SMILES string of the molecule is N#CCCCCC(=O)NC(N)=O. The minimum Gasteiger partial charge on any atom is -0.351 e. The van der Waals surface area contributed by atoms with Crippen LogP contribution in [0.3, 0.4) is 0 Å². The Morgan fingerprint density at radius 2 is 2.08 bits per heavy atom. The van der Waals surface area contributed by atoms with Gasteiger partial charge in [-0.25, -0.2) is 4.79 Å². The molecule has 0 unspecified atom stereocenters. The van der Waals surface area contributed by atoms with Crippen LogP contribution in [0.1, 0.15) is 25.7 Å². The van der Waals surface area contributed by atoms with Crippen LogP contribution in [-0.4, -0.2) is 11.9 Å². The van der Waals surface area contributed by atoms with Crippen LogP contribution in [0, 0.1) is 11.3 Å². The summed E-state index contributed by atoms with van der Waals surface area (Å²) in [5, 5.41) is 10.1. The zero-order valence-electron chi connectivity index (χ0n) is 6.67. The van der Waals surface area contributed by atoms with Crippen molar-refractivity contribution in [2.45, 2.75) is 25.7 Å². The summed E-state index contributed by atoms with van der Waals surface area (Å²) in [5.41, 5.74) is 4.70. The van der Waals surface area contributed by atoms with E-state index in [9.17, 15) is 9.59 Å². The van der Waals surface area contributed by atoms with E-state index in [4.69, 9.17) is 11.0 Å². The molecule has 3 N–H and O–H groups in total. The van der Waals surface area contributed by atoms with Gasteiger partial charge in [0.05, 0.1) is 6.07 Å². The van der Waals surface area contributed by atoms with Crippen molar-refractivity contribution in [3.05, 3.63) is 0 Å². The third kappa shape index (κ3) is 6.55. The molecule has 0 aromatic heterocycles. The number of unbranched alkanes of at least 4 members (excludes halogenated alkanes) is 2. The maximum atomic E-state index is 10.7. The molecule has 66 valence electrons. The first-order valence-electron chi connectivity index (χ1n) is 3.63. The Hall–Kier alpha value is -1.57. The largest absolute Gasteiger partial charge is 0.351 e. The fourth-order valence-electron chi connectivity index (χ4n) is 0.690. The molecule has 0 aromatic carbocycles. The van der Waals surface area contributed by atoms with E-state index in [2.05, 4.69) is 0 Å². The minimum atomic E-state index is -0.833. The number of hydrogen-bond donors (Lipinski definition) is 2. The van der Waals surface area contributed by atoms with Crippen molar-refractivity contribution < 1.29 is 9.59 Å². The lowest BCUT2D eigenvalue weighted by atomic mass is 10.2. The lowest BCUT2D eigenvalue weighted by Gasteiger charge is -1.98. The Bertz CT molecular complexity index is 207. The summed E-state index contributed by atoms with van der Waals surface area (Å²) >= 11 is 0. The van der Waals surface area contributed by atoms with E-state index < -0.39 is 6.03 Å². The number of carbonyl (C=O) groups excluding carboxylic acids is 2. The zero-order chi connectivity index (χ0) is 9.40. The molecule has 0 atom stereocenters. The molecule has 0 radical (unpaired) electrons. The van der Waals surface area contributed by atoms with Crippen LogP contribution < -0.4 is 11.1 Å². The highest BCUT2D eigenvalue weighted by Gasteiger charge is 2.02. The maximum Gasteiger partial charge on any atom is 0.318 e. The predicted molar refractivity (Wildman–Crippen MR) is 41.8 cm³/mol. The highest BCUT2D eigenvalue weighted by molar-refractivity contribution is 5.93. The molecule has 0 fully saturated rings. The van der Waals surface area contributed by atoms with Gasteiger partial charge in [0.1, 0.15) is 0 Å². The molecule has 0 spiro atoms. The highest BCUT2D eigenvalue weighted by Crippen LogP contribution is 1.97.